The van der Waals surface area contributed by atoms with Gasteiger partial charge in [-0.25, -0.2) is 0 Å². The number of fused-ring (bicyclic) bond motifs is 5. The number of Topliss-reactive ketones (excluding diaryl/α,β-unsaturated/α-hetero) is 2. The van der Waals surface area contributed by atoms with Crippen molar-refractivity contribution in [2.24, 2.45) is 11.7 Å². The SMILES string of the molecule is COc1ccc2c(c1)cc1c3c(c(O)ccc32)C(O)=C2C(=O)[C@]3(O)C(O)=C(C(N)=O)C(=O)[C@@H](N(C)C)[C@@H]3C[C@@H]21. The molecule has 10 heteroatoms. The normalized spacial score (nSPS) is 26.3. The maximum Gasteiger partial charge on any atom is 0.255 e. The standard InChI is InChI=1S/C29H26N2O8/c1-31(2)23-17-10-16-15-9-11-8-12(39-3)4-5-13(11)14-6-7-18(32)21(19(14)15)24(33)20(16)26(35)29(17,38)27(36)22(25(23)34)28(30)37/h4-9,16-17,23,32-33,36,38H,10H2,1-3H3,(H2,30,37)/t16-,17+,23+,29+/m1/s1. The number of likely N-dealkylation sites (N-methyl/N-ethyl adjacent to an activating group) is 1. The Morgan fingerprint density at radius 1 is 1.08 bits per heavy atom. The predicted molar refractivity (Wildman–Crippen MR) is 141 cm³/mol. The molecule has 0 radical (unpaired) electrons. The van der Waals surface area contributed by atoms with Gasteiger partial charge in [-0.15, -0.1) is 0 Å². The third-order valence-electron chi connectivity index (χ3n) is 8.46. The minimum atomic E-state index is -2.70. The summed E-state index contributed by atoms with van der Waals surface area (Å²) in [5, 5.41) is 48.0. The molecule has 10 nitrogen and oxygen atoms in total. The van der Waals surface area contributed by atoms with E-state index < -0.39 is 58.0 Å². The summed E-state index contributed by atoms with van der Waals surface area (Å²) in [6, 6.07) is 9.32. The zero-order valence-corrected chi connectivity index (χ0v) is 21.3. The average molecular weight is 531 g/mol. The molecule has 4 atom stereocenters. The van der Waals surface area contributed by atoms with Crippen molar-refractivity contribution in [2.75, 3.05) is 21.2 Å². The first kappa shape index (κ1) is 24.9. The molecule has 0 heterocycles. The zero-order valence-electron chi connectivity index (χ0n) is 21.3. The number of carbonyl (C=O) groups is 3. The molecule has 0 unspecified atom stereocenters. The van der Waals surface area contributed by atoms with Crippen molar-refractivity contribution in [1.29, 1.82) is 0 Å². The Morgan fingerprint density at radius 2 is 1.77 bits per heavy atom. The Morgan fingerprint density at radius 3 is 2.41 bits per heavy atom. The highest BCUT2D eigenvalue weighted by Crippen LogP contribution is 2.57. The van der Waals surface area contributed by atoms with Crippen LogP contribution in [0.1, 0.15) is 23.5 Å². The molecule has 0 aliphatic heterocycles. The van der Waals surface area contributed by atoms with Gasteiger partial charge in [0.25, 0.3) is 5.91 Å². The number of rotatable bonds is 3. The first-order valence-electron chi connectivity index (χ1n) is 12.3. The van der Waals surface area contributed by atoms with E-state index in [9.17, 15) is 34.8 Å². The Hall–Kier alpha value is -4.41. The molecular formula is C29H26N2O8. The molecule has 1 fully saturated rings. The van der Waals surface area contributed by atoms with Crippen LogP contribution in [-0.2, 0) is 14.4 Å². The fourth-order valence-electron chi connectivity index (χ4n) is 6.78. The van der Waals surface area contributed by atoms with Crippen LogP contribution in [0.25, 0.3) is 27.3 Å². The van der Waals surface area contributed by atoms with Gasteiger partial charge in [-0.1, -0.05) is 12.1 Å². The lowest BCUT2D eigenvalue weighted by atomic mass is 9.57. The monoisotopic (exact) mass is 530 g/mol. The number of phenols is 1. The van der Waals surface area contributed by atoms with Crippen molar-refractivity contribution < 1.29 is 39.5 Å². The summed E-state index contributed by atoms with van der Waals surface area (Å²) in [5.74, 6) is -6.44. The molecule has 0 aromatic heterocycles. The topological polar surface area (TPSA) is 171 Å². The van der Waals surface area contributed by atoms with Crippen LogP contribution in [0.4, 0.5) is 0 Å². The van der Waals surface area contributed by atoms with Gasteiger partial charge >= 0.3 is 0 Å². The molecule has 0 spiro atoms. The molecule has 3 aliphatic carbocycles. The highest BCUT2D eigenvalue weighted by molar-refractivity contribution is 6.25. The number of benzene rings is 3. The number of carbonyl (C=O) groups excluding carboxylic acids is 3. The minimum Gasteiger partial charge on any atom is -0.508 e. The van der Waals surface area contributed by atoms with Gasteiger partial charge in [-0.05, 0) is 66.5 Å². The summed E-state index contributed by atoms with van der Waals surface area (Å²) in [5.41, 5.74) is 2.24. The number of nitrogens with two attached hydrogens (primary N) is 1. The van der Waals surface area contributed by atoms with Crippen molar-refractivity contribution in [3.05, 3.63) is 64.4 Å². The lowest BCUT2D eigenvalue weighted by Gasteiger charge is -2.50. The van der Waals surface area contributed by atoms with Crippen LogP contribution in [0.3, 0.4) is 0 Å². The quantitative estimate of drug-likeness (QED) is 0.252. The first-order valence-corrected chi connectivity index (χ1v) is 12.3. The molecule has 3 aromatic carbocycles. The second-order valence-electron chi connectivity index (χ2n) is 10.5. The summed E-state index contributed by atoms with van der Waals surface area (Å²) in [6.45, 7) is 0. The summed E-state index contributed by atoms with van der Waals surface area (Å²) in [6.07, 6.45) is -0.0357. The maximum atomic E-state index is 14.1. The Kier molecular flexibility index (Phi) is 5.14. The molecule has 0 saturated heterocycles. The number of hydrogen-bond donors (Lipinski definition) is 5. The van der Waals surface area contributed by atoms with Crippen LogP contribution >= 0.6 is 0 Å². The second-order valence-corrected chi connectivity index (χ2v) is 10.5. The minimum absolute atomic E-state index is 0.0245. The fourth-order valence-corrected chi connectivity index (χ4v) is 6.78. The van der Waals surface area contributed by atoms with Crippen LogP contribution < -0.4 is 10.5 Å². The van der Waals surface area contributed by atoms with Crippen LogP contribution in [0.15, 0.2) is 53.3 Å². The molecule has 3 aromatic rings. The van der Waals surface area contributed by atoms with Crippen LogP contribution in [0.2, 0.25) is 0 Å². The number of methoxy groups -OCH3 is 1. The maximum absolute atomic E-state index is 14.1. The van der Waals surface area contributed by atoms with Gasteiger partial charge < -0.3 is 30.9 Å². The van der Waals surface area contributed by atoms with Crippen molar-refractivity contribution >= 4 is 44.8 Å². The number of aliphatic hydroxyl groups is 3. The second kappa shape index (κ2) is 8.05. The van der Waals surface area contributed by atoms with Crippen molar-refractivity contribution in [2.45, 2.75) is 24.0 Å². The van der Waals surface area contributed by atoms with E-state index in [1.807, 2.05) is 18.2 Å². The number of amides is 1. The van der Waals surface area contributed by atoms with E-state index in [1.54, 1.807) is 33.3 Å². The number of aromatic hydroxyl groups is 1. The molecule has 1 amide bonds. The van der Waals surface area contributed by atoms with E-state index in [0.29, 0.717) is 16.7 Å². The van der Waals surface area contributed by atoms with Crippen molar-refractivity contribution in [3.63, 3.8) is 0 Å². The smallest absolute Gasteiger partial charge is 0.255 e. The van der Waals surface area contributed by atoms with E-state index in [2.05, 4.69) is 0 Å². The van der Waals surface area contributed by atoms with Crippen molar-refractivity contribution in [3.8, 4) is 11.5 Å². The number of primary amides is 1. The summed E-state index contributed by atoms with van der Waals surface area (Å²) in [7, 11) is 4.67. The van der Waals surface area contributed by atoms with Gasteiger partial charge in [0.1, 0.15) is 28.6 Å². The molecule has 39 heavy (non-hydrogen) atoms. The first-order chi connectivity index (χ1) is 18.4. The molecule has 6 N–H and O–H groups in total. The van der Waals surface area contributed by atoms with E-state index in [4.69, 9.17) is 10.5 Å². The van der Waals surface area contributed by atoms with Gasteiger partial charge in [0.2, 0.25) is 5.78 Å². The molecule has 200 valence electrons. The number of ether oxygens (including phenoxy) is 1. The molecule has 3 aliphatic rings. The Balaban J connectivity index is 1.70. The Bertz CT molecular complexity index is 1740. The third-order valence-corrected chi connectivity index (χ3v) is 8.46. The largest absolute Gasteiger partial charge is 0.508 e. The van der Waals surface area contributed by atoms with E-state index in [0.717, 1.165) is 16.2 Å². The van der Waals surface area contributed by atoms with Crippen LogP contribution in [-0.4, -0.2) is 75.6 Å². The number of hydrogen-bond acceptors (Lipinski definition) is 9. The third kappa shape index (κ3) is 3.01. The van der Waals surface area contributed by atoms with E-state index in [-0.39, 0.29) is 23.3 Å². The number of nitrogens with zero attached hydrogens (tertiary/aromatic N) is 1. The van der Waals surface area contributed by atoms with Crippen LogP contribution in [0.5, 0.6) is 11.5 Å². The van der Waals surface area contributed by atoms with Gasteiger partial charge in [-0.3, -0.25) is 19.3 Å². The van der Waals surface area contributed by atoms with Gasteiger partial charge in [-0.2, -0.15) is 0 Å². The highest BCUT2D eigenvalue weighted by Gasteiger charge is 2.64. The van der Waals surface area contributed by atoms with Gasteiger partial charge in [0.05, 0.1) is 18.7 Å². The Labute approximate surface area is 222 Å². The fraction of sp³-hybridized carbons (Fsp3) is 0.276. The summed E-state index contributed by atoms with van der Waals surface area (Å²) in [4.78, 5) is 41.1. The number of phenolic OH excluding ortho intramolecular Hbond substituents is 1. The molecule has 6 rings (SSSR count). The molecular weight excluding hydrogens is 504 g/mol. The average Bonchev–Trinajstić information content (AvgIpc) is 2.88. The molecule has 1 saturated carbocycles. The van der Waals surface area contributed by atoms with Crippen molar-refractivity contribution in [1.82, 2.24) is 4.90 Å². The lowest BCUT2D eigenvalue weighted by molar-refractivity contribution is -0.152. The number of aliphatic hydroxyl groups excluding tert-OH is 2. The number of ketones is 2. The van der Waals surface area contributed by atoms with Crippen LogP contribution in [0, 0.1) is 5.92 Å². The summed E-state index contributed by atoms with van der Waals surface area (Å²) < 4.78 is 5.39. The lowest BCUT2D eigenvalue weighted by Crippen LogP contribution is -2.65. The van der Waals surface area contributed by atoms with Gasteiger partial charge in [0.15, 0.2) is 11.4 Å². The molecule has 0 bridgehead atoms. The summed E-state index contributed by atoms with van der Waals surface area (Å²) >= 11 is 0. The highest BCUT2D eigenvalue weighted by atomic mass is 16.5. The zero-order chi connectivity index (χ0) is 28.1. The predicted octanol–water partition coefficient (Wildman–Crippen LogP) is 2.20. The van der Waals surface area contributed by atoms with Gasteiger partial charge in [0, 0.05) is 22.8 Å². The van der Waals surface area contributed by atoms with E-state index in [1.165, 1.54) is 11.0 Å². The van der Waals surface area contributed by atoms with E-state index >= 15 is 0 Å².